The minimum atomic E-state index is 0.230. The summed E-state index contributed by atoms with van der Waals surface area (Å²) in [6.07, 6.45) is 2.95. The normalized spacial score (nSPS) is 11.8. The van der Waals surface area contributed by atoms with E-state index in [0.717, 1.165) is 29.6 Å². The lowest BCUT2D eigenvalue weighted by atomic mass is 10.0. The third-order valence-corrected chi connectivity index (χ3v) is 3.46. The highest BCUT2D eigenvalue weighted by atomic mass is 32.2. The van der Waals surface area contributed by atoms with Crippen LogP contribution in [0.1, 0.15) is 32.9 Å². The Morgan fingerprint density at radius 2 is 2.19 bits per heavy atom. The highest BCUT2D eigenvalue weighted by Gasteiger charge is 2.12. The van der Waals surface area contributed by atoms with Crippen molar-refractivity contribution in [3.05, 3.63) is 18.0 Å². The lowest BCUT2D eigenvalue weighted by Gasteiger charge is -2.24. The van der Waals surface area contributed by atoms with Crippen LogP contribution in [0.4, 0.5) is 0 Å². The Labute approximate surface area is 102 Å². The third-order valence-electron chi connectivity index (χ3n) is 2.59. The van der Waals surface area contributed by atoms with Crippen LogP contribution >= 0.6 is 11.8 Å². The number of nitrogens with one attached hydrogen (secondary N) is 1. The number of hydrogen-bond donors (Lipinski definition) is 1. The second-order valence-corrected chi connectivity index (χ2v) is 5.56. The largest absolute Gasteiger partial charge is 0.311 e. The predicted molar refractivity (Wildman–Crippen MR) is 69.9 cm³/mol. The molecule has 0 bridgehead atoms. The van der Waals surface area contributed by atoms with Crippen LogP contribution in [0, 0.1) is 6.92 Å². The van der Waals surface area contributed by atoms with Gasteiger partial charge in [-0.05, 0) is 33.3 Å². The fourth-order valence-corrected chi connectivity index (χ4v) is 1.88. The van der Waals surface area contributed by atoms with E-state index in [1.807, 2.05) is 19.2 Å². The first-order chi connectivity index (χ1) is 7.53. The summed E-state index contributed by atoms with van der Waals surface area (Å²) in [7, 11) is 0. The van der Waals surface area contributed by atoms with Gasteiger partial charge in [-0.1, -0.05) is 18.7 Å². The number of aromatic nitrogens is 2. The molecule has 0 fully saturated rings. The molecule has 0 unspecified atom stereocenters. The Kier molecular flexibility index (Phi) is 5.22. The third kappa shape index (κ3) is 4.94. The fourth-order valence-electron chi connectivity index (χ4n) is 1.15. The van der Waals surface area contributed by atoms with Crippen molar-refractivity contribution in [3.8, 4) is 0 Å². The second kappa shape index (κ2) is 6.21. The lowest BCUT2D eigenvalue weighted by Crippen LogP contribution is -2.39. The number of aryl methyl sites for hydroxylation is 1. The van der Waals surface area contributed by atoms with Crippen LogP contribution < -0.4 is 5.32 Å². The molecule has 1 aromatic rings. The van der Waals surface area contributed by atoms with E-state index in [1.54, 1.807) is 11.8 Å². The number of rotatable bonds is 6. The van der Waals surface area contributed by atoms with Crippen molar-refractivity contribution in [2.24, 2.45) is 0 Å². The Bertz CT molecular complexity index is 326. The minimum absolute atomic E-state index is 0.230. The van der Waals surface area contributed by atoms with E-state index in [9.17, 15) is 0 Å². The van der Waals surface area contributed by atoms with E-state index in [0.29, 0.717) is 0 Å². The van der Waals surface area contributed by atoms with Gasteiger partial charge in [0, 0.05) is 29.7 Å². The van der Waals surface area contributed by atoms with Crippen molar-refractivity contribution in [1.82, 2.24) is 15.3 Å². The highest BCUT2D eigenvalue weighted by Crippen LogP contribution is 2.12. The standard InChI is InChI=1S/C12H21N3S/c1-5-12(3,4)14-8-9-16-11-13-7-6-10(2)15-11/h6-7,14H,5,8-9H2,1-4H3. The zero-order valence-electron chi connectivity index (χ0n) is 10.6. The van der Waals surface area contributed by atoms with Gasteiger partial charge in [0.1, 0.15) is 0 Å². The molecule has 3 nitrogen and oxygen atoms in total. The molecule has 0 saturated carbocycles. The van der Waals surface area contributed by atoms with E-state index in [-0.39, 0.29) is 5.54 Å². The molecule has 4 heteroatoms. The van der Waals surface area contributed by atoms with Gasteiger partial charge in [-0.3, -0.25) is 0 Å². The predicted octanol–water partition coefficient (Wildman–Crippen LogP) is 2.66. The molecule has 0 aliphatic rings. The summed E-state index contributed by atoms with van der Waals surface area (Å²) in [6.45, 7) is 9.62. The van der Waals surface area contributed by atoms with E-state index in [1.165, 1.54) is 0 Å². The average Bonchev–Trinajstić information content (AvgIpc) is 2.25. The van der Waals surface area contributed by atoms with Gasteiger partial charge >= 0.3 is 0 Å². The van der Waals surface area contributed by atoms with E-state index in [4.69, 9.17) is 0 Å². The van der Waals surface area contributed by atoms with Crippen LogP contribution in [0.15, 0.2) is 17.4 Å². The van der Waals surface area contributed by atoms with Crippen LogP contribution in [0.25, 0.3) is 0 Å². The van der Waals surface area contributed by atoms with Gasteiger partial charge in [-0.25, -0.2) is 9.97 Å². The SMILES string of the molecule is CCC(C)(C)NCCSc1nccc(C)n1. The molecule has 1 aromatic heterocycles. The summed E-state index contributed by atoms with van der Waals surface area (Å²) in [5.74, 6) is 1.01. The number of thioether (sulfide) groups is 1. The molecule has 1 N–H and O–H groups in total. The summed E-state index contributed by atoms with van der Waals surface area (Å²) >= 11 is 1.70. The fraction of sp³-hybridized carbons (Fsp3) is 0.667. The Morgan fingerprint density at radius 1 is 1.44 bits per heavy atom. The first-order valence-corrected chi connectivity index (χ1v) is 6.69. The summed E-state index contributed by atoms with van der Waals surface area (Å²) in [5, 5.41) is 4.39. The van der Waals surface area contributed by atoms with E-state index >= 15 is 0 Å². The zero-order valence-corrected chi connectivity index (χ0v) is 11.4. The van der Waals surface area contributed by atoms with Gasteiger partial charge in [0.05, 0.1) is 0 Å². The Hall–Kier alpha value is -0.610. The summed E-state index contributed by atoms with van der Waals surface area (Å²) in [5.41, 5.74) is 1.26. The molecule has 1 heterocycles. The Balaban J connectivity index is 2.26. The smallest absolute Gasteiger partial charge is 0.187 e. The topological polar surface area (TPSA) is 37.8 Å². The molecule has 90 valence electrons. The first-order valence-electron chi connectivity index (χ1n) is 5.71. The molecule has 0 atom stereocenters. The molecule has 0 amide bonds. The maximum absolute atomic E-state index is 4.35. The molecular formula is C12H21N3S. The second-order valence-electron chi connectivity index (χ2n) is 4.49. The summed E-state index contributed by atoms with van der Waals surface area (Å²) < 4.78 is 0. The van der Waals surface area contributed by atoms with Gasteiger partial charge in [0.15, 0.2) is 5.16 Å². The van der Waals surface area contributed by atoms with Gasteiger partial charge in [-0.15, -0.1) is 0 Å². The zero-order chi connectivity index (χ0) is 12.0. The maximum Gasteiger partial charge on any atom is 0.187 e. The van der Waals surface area contributed by atoms with Crippen LogP contribution in [-0.2, 0) is 0 Å². The van der Waals surface area contributed by atoms with Gasteiger partial charge < -0.3 is 5.32 Å². The van der Waals surface area contributed by atoms with Crippen molar-refractivity contribution >= 4 is 11.8 Å². The number of nitrogens with zero attached hydrogens (tertiary/aromatic N) is 2. The van der Waals surface area contributed by atoms with Crippen molar-refractivity contribution in [2.45, 2.75) is 44.8 Å². The maximum atomic E-state index is 4.35. The quantitative estimate of drug-likeness (QED) is 0.470. The van der Waals surface area contributed by atoms with Crippen molar-refractivity contribution in [1.29, 1.82) is 0 Å². The average molecular weight is 239 g/mol. The van der Waals surface area contributed by atoms with Crippen molar-refractivity contribution in [3.63, 3.8) is 0 Å². The molecule has 0 aliphatic carbocycles. The van der Waals surface area contributed by atoms with Crippen LogP contribution in [0.3, 0.4) is 0 Å². The first kappa shape index (κ1) is 13.5. The molecule has 16 heavy (non-hydrogen) atoms. The van der Waals surface area contributed by atoms with E-state index < -0.39 is 0 Å². The molecule has 1 rings (SSSR count). The lowest BCUT2D eigenvalue weighted by molar-refractivity contribution is 0.388. The number of hydrogen-bond acceptors (Lipinski definition) is 4. The molecule has 0 aliphatic heterocycles. The highest BCUT2D eigenvalue weighted by molar-refractivity contribution is 7.99. The summed E-state index contributed by atoms with van der Waals surface area (Å²) in [6, 6.07) is 1.92. The van der Waals surface area contributed by atoms with Crippen molar-refractivity contribution in [2.75, 3.05) is 12.3 Å². The van der Waals surface area contributed by atoms with Crippen LogP contribution in [-0.4, -0.2) is 27.8 Å². The van der Waals surface area contributed by atoms with Crippen LogP contribution in [0.5, 0.6) is 0 Å². The monoisotopic (exact) mass is 239 g/mol. The van der Waals surface area contributed by atoms with Gasteiger partial charge in [-0.2, -0.15) is 0 Å². The van der Waals surface area contributed by atoms with Crippen molar-refractivity contribution < 1.29 is 0 Å². The molecule has 0 radical (unpaired) electrons. The molecular weight excluding hydrogens is 218 g/mol. The molecule has 0 aromatic carbocycles. The van der Waals surface area contributed by atoms with Gasteiger partial charge in [0.25, 0.3) is 0 Å². The van der Waals surface area contributed by atoms with Crippen LogP contribution in [0.2, 0.25) is 0 Å². The molecule has 0 spiro atoms. The van der Waals surface area contributed by atoms with E-state index in [2.05, 4.69) is 36.1 Å². The summed E-state index contributed by atoms with van der Waals surface area (Å²) in [4.78, 5) is 8.57. The minimum Gasteiger partial charge on any atom is -0.311 e. The van der Waals surface area contributed by atoms with Gasteiger partial charge in [0.2, 0.25) is 0 Å². The Morgan fingerprint density at radius 3 is 2.81 bits per heavy atom. The molecule has 0 saturated heterocycles.